The third kappa shape index (κ3) is 2.92. The number of ether oxygens (including phenoxy) is 1. The molecule has 2 amide bonds. The molecule has 0 atom stereocenters. The molecule has 4 nitrogen and oxygen atoms in total. The summed E-state index contributed by atoms with van der Waals surface area (Å²) < 4.78 is 4.69. The van der Waals surface area contributed by atoms with Crippen molar-refractivity contribution in [3.63, 3.8) is 0 Å². The van der Waals surface area contributed by atoms with Gasteiger partial charge in [0.1, 0.15) is 6.73 Å². The second kappa shape index (κ2) is 4.14. The van der Waals surface area contributed by atoms with Crippen molar-refractivity contribution in [1.29, 1.82) is 0 Å². The molecule has 0 saturated carbocycles. The lowest BCUT2D eigenvalue weighted by atomic mass is 10.8. The maximum atomic E-state index is 10.6. The minimum Gasteiger partial charge on any atom is -0.364 e. The van der Waals surface area contributed by atoms with E-state index in [-0.39, 0.29) is 6.03 Å². The zero-order valence-electron chi connectivity index (χ0n) is 5.97. The molecule has 0 bridgehead atoms. The maximum Gasteiger partial charge on any atom is 0.318 e. The first kappa shape index (κ1) is 8.23. The number of carbonyl (C=O) groups excluding carboxylic acids is 1. The summed E-state index contributed by atoms with van der Waals surface area (Å²) in [5.41, 5.74) is 0. The summed E-state index contributed by atoms with van der Waals surface area (Å²) in [4.78, 5) is 12.1. The molecule has 54 valence electrons. The van der Waals surface area contributed by atoms with Gasteiger partial charge >= 0.3 is 6.03 Å². The summed E-state index contributed by atoms with van der Waals surface area (Å²) in [6.45, 7) is 0.319. The molecule has 9 heavy (non-hydrogen) atoms. The van der Waals surface area contributed by atoms with E-state index in [1.54, 1.807) is 21.2 Å². The van der Waals surface area contributed by atoms with Crippen LogP contribution in [0.5, 0.6) is 0 Å². The average Bonchev–Trinajstić information content (AvgIpc) is 1.87. The van der Waals surface area contributed by atoms with Crippen molar-refractivity contribution < 1.29 is 9.53 Å². The molecule has 4 heteroatoms. The molecule has 0 fully saturated rings. The van der Waals surface area contributed by atoms with E-state index in [4.69, 9.17) is 4.74 Å². The Bertz CT molecular complexity index is 95.0. The quantitative estimate of drug-likeness (QED) is 0.531. The molecule has 0 unspecified atom stereocenters. The van der Waals surface area contributed by atoms with Crippen LogP contribution in [0.1, 0.15) is 0 Å². The van der Waals surface area contributed by atoms with E-state index < -0.39 is 0 Å². The van der Waals surface area contributed by atoms with Gasteiger partial charge in [-0.1, -0.05) is 0 Å². The van der Waals surface area contributed by atoms with Crippen molar-refractivity contribution >= 4 is 6.03 Å². The molecule has 0 aliphatic rings. The second-order valence-corrected chi connectivity index (χ2v) is 1.67. The van der Waals surface area contributed by atoms with Gasteiger partial charge in [0.15, 0.2) is 0 Å². The second-order valence-electron chi connectivity index (χ2n) is 1.67. The summed E-state index contributed by atoms with van der Waals surface area (Å²) >= 11 is 0. The highest BCUT2D eigenvalue weighted by Crippen LogP contribution is 1.80. The summed E-state index contributed by atoms with van der Waals surface area (Å²) in [7, 11) is 4.77. The molecule has 0 heterocycles. The third-order valence-electron chi connectivity index (χ3n) is 0.883. The number of nitrogens with zero attached hydrogens (tertiary/aromatic N) is 1. The van der Waals surface area contributed by atoms with Gasteiger partial charge in [0, 0.05) is 21.2 Å². The topological polar surface area (TPSA) is 41.6 Å². The fourth-order valence-electron chi connectivity index (χ4n) is 0.443. The molecular formula is C5H12N2O2. The lowest BCUT2D eigenvalue weighted by Crippen LogP contribution is -2.35. The first-order valence-electron chi connectivity index (χ1n) is 2.64. The molecule has 1 N–H and O–H groups in total. The molecule has 0 aromatic heterocycles. The smallest absolute Gasteiger partial charge is 0.318 e. The number of hydrogen-bond acceptors (Lipinski definition) is 2. The molecular weight excluding hydrogens is 120 g/mol. The van der Waals surface area contributed by atoms with E-state index in [9.17, 15) is 4.79 Å². The Labute approximate surface area is 54.8 Å². The van der Waals surface area contributed by atoms with E-state index in [1.807, 2.05) is 0 Å². The van der Waals surface area contributed by atoms with Gasteiger partial charge in [0.05, 0.1) is 0 Å². The standard InChI is InChI=1S/C5H12N2O2/c1-6-5(8)7(2)4-9-3/h4H2,1-3H3,(H,6,8). The van der Waals surface area contributed by atoms with Crippen LogP contribution in [0.3, 0.4) is 0 Å². The first-order valence-corrected chi connectivity index (χ1v) is 2.64. The SMILES string of the molecule is CNC(=O)N(C)COC. The highest BCUT2D eigenvalue weighted by Gasteiger charge is 2.01. The predicted molar refractivity (Wildman–Crippen MR) is 34.1 cm³/mol. The van der Waals surface area contributed by atoms with Crippen molar-refractivity contribution in [3.8, 4) is 0 Å². The van der Waals surface area contributed by atoms with E-state index in [2.05, 4.69) is 5.32 Å². The van der Waals surface area contributed by atoms with Crippen LogP contribution in [0.4, 0.5) is 4.79 Å². The van der Waals surface area contributed by atoms with Gasteiger partial charge in [0.2, 0.25) is 0 Å². The lowest BCUT2D eigenvalue weighted by Gasteiger charge is -2.13. The Morgan fingerprint density at radius 2 is 2.33 bits per heavy atom. The summed E-state index contributed by atoms with van der Waals surface area (Å²) in [5.74, 6) is 0. The van der Waals surface area contributed by atoms with E-state index in [0.717, 1.165) is 0 Å². The van der Waals surface area contributed by atoms with Crippen LogP contribution in [0.2, 0.25) is 0 Å². The third-order valence-corrected chi connectivity index (χ3v) is 0.883. The molecule has 0 saturated heterocycles. The van der Waals surface area contributed by atoms with Crippen LogP contribution in [0, 0.1) is 0 Å². The van der Waals surface area contributed by atoms with Crippen LogP contribution in [-0.4, -0.2) is 38.9 Å². The zero-order chi connectivity index (χ0) is 7.28. The number of amides is 2. The number of rotatable bonds is 2. The zero-order valence-corrected chi connectivity index (χ0v) is 5.97. The van der Waals surface area contributed by atoms with E-state index >= 15 is 0 Å². The van der Waals surface area contributed by atoms with Gasteiger partial charge in [-0.2, -0.15) is 0 Å². The van der Waals surface area contributed by atoms with Gasteiger partial charge in [0.25, 0.3) is 0 Å². The highest BCUT2D eigenvalue weighted by atomic mass is 16.5. The van der Waals surface area contributed by atoms with Gasteiger partial charge in [-0.3, -0.25) is 0 Å². The van der Waals surface area contributed by atoms with Crippen LogP contribution in [0.25, 0.3) is 0 Å². The summed E-state index contributed by atoms with van der Waals surface area (Å²) in [6, 6.07) is -0.142. The summed E-state index contributed by atoms with van der Waals surface area (Å²) in [6.07, 6.45) is 0. The molecule has 0 aliphatic heterocycles. The van der Waals surface area contributed by atoms with Crippen molar-refractivity contribution in [2.24, 2.45) is 0 Å². The van der Waals surface area contributed by atoms with Crippen LogP contribution < -0.4 is 5.32 Å². The van der Waals surface area contributed by atoms with Crippen molar-refractivity contribution in [3.05, 3.63) is 0 Å². The van der Waals surface area contributed by atoms with Gasteiger partial charge < -0.3 is 15.0 Å². The number of carbonyl (C=O) groups is 1. The van der Waals surface area contributed by atoms with Crippen molar-refractivity contribution in [1.82, 2.24) is 10.2 Å². The van der Waals surface area contributed by atoms with E-state index in [1.165, 1.54) is 4.90 Å². The predicted octanol–water partition coefficient (Wildman–Crippen LogP) is -0.139. The number of nitrogens with one attached hydrogen (secondary N) is 1. The van der Waals surface area contributed by atoms with E-state index in [0.29, 0.717) is 6.73 Å². The lowest BCUT2D eigenvalue weighted by molar-refractivity contribution is 0.0982. The largest absolute Gasteiger partial charge is 0.364 e. The molecule has 0 rings (SSSR count). The van der Waals surface area contributed by atoms with Crippen molar-refractivity contribution in [2.45, 2.75) is 0 Å². The molecule has 0 aromatic carbocycles. The normalized spacial score (nSPS) is 8.78. The van der Waals surface area contributed by atoms with Crippen LogP contribution in [0.15, 0.2) is 0 Å². The fraction of sp³-hybridized carbons (Fsp3) is 0.800. The van der Waals surface area contributed by atoms with Crippen LogP contribution >= 0.6 is 0 Å². The number of urea groups is 1. The Kier molecular flexibility index (Phi) is 3.79. The molecule has 0 spiro atoms. The number of methoxy groups -OCH3 is 1. The minimum absolute atomic E-state index is 0.142. The van der Waals surface area contributed by atoms with Crippen molar-refractivity contribution in [2.75, 3.05) is 27.9 Å². The van der Waals surface area contributed by atoms with Gasteiger partial charge in [-0.05, 0) is 0 Å². The molecule has 0 aromatic rings. The van der Waals surface area contributed by atoms with Crippen LogP contribution in [-0.2, 0) is 4.74 Å². The Morgan fingerprint density at radius 1 is 1.78 bits per heavy atom. The summed E-state index contributed by atoms with van der Waals surface area (Å²) in [5, 5.41) is 2.46. The Balaban J connectivity index is 3.45. The van der Waals surface area contributed by atoms with Gasteiger partial charge in [-0.25, -0.2) is 4.79 Å². The Morgan fingerprint density at radius 3 is 2.67 bits per heavy atom. The Hall–Kier alpha value is -0.770. The fourth-order valence-corrected chi connectivity index (χ4v) is 0.443. The maximum absolute atomic E-state index is 10.6. The minimum atomic E-state index is -0.142. The average molecular weight is 132 g/mol. The monoisotopic (exact) mass is 132 g/mol. The van der Waals surface area contributed by atoms with Gasteiger partial charge in [-0.15, -0.1) is 0 Å². The molecule has 0 aliphatic carbocycles. The highest BCUT2D eigenvalue weighted by molar-refractivity contribution is 5.73. The first-order chi connectivity index (χ1) is 4.22. The number of hydrogen-bond donors (Lipinski definition) is 1. The molecule has 0 radical (unpaired) electrons.